The highest BCUT2D eigenvalue weighted by molar-refractivity contribution is 5.00. The molecule has 0 bridgehead atoms. The number of rotatable bonds is 0. The van der Waals surface area contributed by atoms with Crippen molar-refractivity contribution in [3.05, 3.63) is 0 Å². The number of fused-ring (bicyclic) bond motifs is 1. The van der Waals surface area contributed by atoms with E-state index in [1.54, 1.807) is 0 Å². The minimum absolute atomic E-state index is 0.319. The summed E-state index contributed by atoms with van der Waals surface area (Å²) in [7, 11) is 0. The third-order valence-electron chi connectivity index (χ3n) is 4.48. The molecule has 0 radical (unpaired) electrons. The van der Waals surface area contributed by atoms with E-state index in [-0.39, 0.29) is 0 Å². The predicted molar refractivity (Wildman–Crippen MR) is 55.9 cm³/mol. The summed E-state index contributed by atoms with van der Waals surface area (Å²) in [5.41, 5.74) is -1.07. The van der Waals surface area contributed by atoms with Crippen LogP contribution in [-0.2, 0) is 0 Å². The Bertz CT molecular complexity index is 196. The molecule has 2 aliphatic carbocycles. The summed E-state index contributed by atoms with van der Waals surface area (Å²) in [4.78, 5) is 0. The molecule has 0 amide bonds. The second-order valence-electron chi connectivity index (χ2n) is 5.71. The number of hydrogen-bond donors (Lipinski definition) is 2. The molecule has 0 aliphatic heterocycles. The molecular formula is C12H22O2. The van der Waals surface area contributed by atoms with Crippen molar-refractivity contribution in [2.24, 2.45) is 11.8 Å². The van der Waals surface area contributed by atoms with Gasteiger partial charge in [-0.05, 0) is 51.4 Å². The molecule has 2 rings (SSSR count). The van der Waals surface area contributed by atoms with Crippen LogP contribution in [0.4, 0.5) is 0 Å². The molecule has 82 valence electrons. The van der Waals surface area contributed by atoms with Crippen LogP contribution >= 0.6 is 0 Å². The van der Waals surface area contributed by atoms with Crippen LogP contribution in [0.1, 0.15) is 52.4 Å². The topological polar surface area (TPSA) is 40.5 Å². The summed E-state index contributed by atoms with van der Waals surface area (Å²) in [5.74, 6) is 0.639. The highest BCUT2D eigenvalue weighted by atomic mass is 16.3. The van der Waals surface area contributed by atoms with Crippen LogP contribution in [0.15, 0.2) is 0 Å². The van der Waals surface area contributed by atoms with Gasteiger partial charge in [-0.15, -0.1) is 0 Å². The van der Waals surface area contributed by atoms with Gasteiger partial charge in [-0.3, -0.25) is 0 Å². The SMILES string of the molecule is CC1(O)CCCC2C1CCCC2(C)O. The van der Waals surface area contributed by atoms with Crippen molar-refractivity contribution in [2.45, 2.75) is 63.6 Å². The van der Waals surface area contributed by atoms with Crippen LogP contribution in [0.5, 0.6) is 0 Å². The highest BCUT2D eigenvalue weighted by Gasteiger charge is 2.49. The van der Waals surface area contributed by atoms with Gasteiger partial charge in [0.15, 0.2) is 0 Å². The van der Waals surface area contributed by atoms with E-state index in [2.05, 4.69) is 0 Å². The van der Waals surface area contributed by atoms with E-state index in [1.165, 1.54) is 0 Å². The molecule has 2 fully saturated rings. The molecule has 2 saturated carbocycles. The molecule has 0 aromatic heterocycles. The molecule has 4 atom stereocenters. The molecule has 4 unspecified atom stereocenters. The van der Waals surface area contributed by atoms with E-state index in [9.17, 15) is 10.2 Å². The average Bonchev–Trinajstić information content (AvgIpc) is 2.05. The smallest absolute Gasteiger partial charge is 0.0651 e. The van der Waals surface area contributed by atoms with Gasteiger partial charge in [-0.2, -0.15) is 0 Å². The quantitative estimate of drug-likeness (QED) is 0.625. The minimum atomic E-state index is -0.534. The Kier molecular flexibility index (Phi) is 2.39. The Labute approximate surface area is 86.3 Å². The second kappa shape index (κ2) is 3.21. The first-order valence-electron chi connectivity index (χ1n) is 5.88. The van der Waals surface area contributed by atoms with Gasteiger partial charge in [-0.25, -0.2) is 0 Å². The summed E-state index contributed by atoms with van der Waals surface area (Å²) < 4.78 is 0. The van der Waals surface area contributed by atoms with E-state index >= 15 is 0 Å². The fourth-order valence-corrected chi connectivity index (χ4v) is 3.62. The number of hydrogen-bond acceptors (Lipinski definition) is 2. The lowest BCUT2D eigenvalue weighted by Gasteiger charge is -2.51. The molecule has 0 aromatic carbocycles. The van der Waals surface area contributed by atoms with E-state index in [1.807, 2.05) is 13.8 Å². The second-order valence-corrected chi connectivity index (χ2v) is 5.71. The van der Waals surface area contributed by atoms with E-state index in [0.717, 1.165) is 38.5 Å². The molecule has 0 spiro atoms. The van der Waals surface area contributed by atoms with Gasteiger partial charge in [0.2, 0.25) is 0 Å². The van der Waals surface area contributed by atoms with Crippen LogP contribution in [-0.4, -0.2) is 21.4 Å². The molecular weight excluding hydrogens is 176 g/mol. The van der Waals surface area contributed by atoms with Crippen LogP contribution < -0.4 is 0 Å². The largest absolute Gasteiger partial charge is 0.390 e. The lowest BCUT2D eigenvalue weighted by molar-refractivity contribution is -0.148. The van der Waals surface area contributed by atoms with Gasteiger partial charge in [0.1, 0.15) is 0 Å². The van der Waals surface area contributed by atoms with Crippen LogP contribution in [0.3, 0.4) is 0 Å². The van der Waals surface area contributed by atoms with Gasteiger partial charge in [0.25, 0.3) is 0 Å². The maximum atomic E-state index is 10.3. The fraction of sp³-hybridized carbons (Fsp3) is 1.00. The van der Waals surface area contributed by atoms with E-state index < -0.39 is 11.2 Å². The lowest BCUT2D eigenvalue weighted by atomic mass is 9.58. The van der Waals surface area contributed by atoms with E-state index in [0.29, 0.717) is 11.8 Å². The molecule has 14 heavy (non-hydrogen) atoms. The normalized spacial score (nSPS) is 54.0. The Morgan fingerprint density at radius 2 is 1.21 bits per heavy atom. The number of aliphatic hydroxyl groups is 2. The monoisotopic (exact) mass is 198 g/mol. The minimum Gasteiger partial charge on any atom is -0.390 e. The Hall–Kier alpha value is -0.0800. The summed E-state index contributed by atoms with van der Waals surface area (Å²) in [5, 5.41) is 20.6. The first-order chi connectivity index (χ1) is 6.43. The summed E-state index contributed by atoms with van der Waals surface area (Å²) in [6.45, 7) is 3.90. The molecule has 2 N–H and O–H groups in total. The molecule has 0 heterocycles. The Morgan fingerprint density at radius 3 is 1.57 bits per heavy atom. The van der Waals surface area contributed by atoms with Crippen molar-refractivity contribution in [2.75, 3.05) is 0 Å². The van der Waals surface area contributed by atoms with E-state index in [4.69, 9.17) is 0 Å². The Balaban J connectivity index is 2.22. The summed E-state index contributed by atoms with van der Waals surface area (Å²) in [6, 6.07) is 0. The van der Waals surface area contributed by atoms with Crippen LogP contribution in [0.25, 0.3) is 0 Å². The molecule has 2 heteroatoms. The standard InChI is InChI=1S/C12H22O2/c1-11(13)7-3-6-10-9(11)5-4-8-12(10,2)14/h9-10,13-14H,3-8H2,1-2H3. The molecule has 0 aromatic rings. The lowest BCUT2D eigenvalue weighted by Crippen LogP contribution is -2.53. The summed E-state index contributed by atoms with van der Waals surface area (Å²) in [6.07, 6.45) is 6.12. The average molecular weight is 198 g/mol. The van der Waals surface area contributed by atoms with Crippen LogP contribution in [0, 0.1) is 11.8 Å². The van der Waals surface area contributed by atoms with Crippen molar-refractivity contribution in [1.29, 1.82) is 0 Å². The zero-order valence-electron chi connectivity index (χ0n) is 9.29. The van der Waals surface area contributed by atoms with Crippen molar-refractivity contribution in [3.8, 4) is 0 Å². The van der Waals surface area contributed by atoms with Gasteiger partial charge < -0.3 is 10.2 Å². The van der Waals surface area contributed by atoms with Crippen molar-refractivity contribution < 1.29 is 10.2 Å². The zero-order chi connectivity index (χ0) is 10.4. The zero-order valence-corrected chi connectivity index (χ0v) is 9.29. The van der Waals surface area contributed by atoms with Crippen molar-refractivity contribution in [1.82, 2.24) is 0 Å². The summed E-state index contributed by atoms with van der Waals surface area (Å²) >= 11 is 0. The van der Waals surface area contributed by atoms with Crippen molar-refractivity contribution in [3.63, 3.8) is 0 Å². The third kappa shape index (κ3) is 1.59. The molecule has 2 aliphatic rings. The highest BCUT2D eigenvalue weighted by Crippen LogP contribution is 2.49. The van der Waals surface area contributed by atoms with Gasteiger partial charge in [-0.1, -0.05) is 12.8 Å². The first-order valence-corrected chi connectivity index (χ1v) is 5.88. The van der Waals surface area contributed by atoms with Gasteiger partial charge in [0, 0.05) is 0 Å². The van der Waals surface area contributed by atoms with Crippen molar-refractivity contribution >= 4 is 0 Å². The van der Waals surface area contributed by atoms with Crippen LogP contribution in [0.2, 0.25) is 0 Å². The molecule has 2 nitrogen and oxygen atoms in total. The van der Waals surface area contributed by atoms with Gasteiger partial charge >= 0.3 is 0 Å². The first kappa shape index (κ1) is 10.4. The van der Waals surface area contributed by atoms with Gasteiger partial charge in [0.05, 0.1) is 11.2 Å². The maximum Gasteiger partial charge on any atom is 0.0651 e. The molecule has 0 saturated heterocycles. The third-order valence-corrected chi connectivity index (χ3v) is 4.48. The fourth-order valence-electron chi connectivity index (χ4n) is 3.62. The Morgan fingerprint density at radius 1 is 0.857 bits per heavy atom. The maximum absolute atomic E-state index is 10.3. The predicted octanol–water partition coefficient (Wildman–Crippen LogP) is 2.09.